The van der Waals surface area contributed by atoms with Gasteiger partial charge in [-0.25, -0.2) is 0 Å². The molecule has 19 heavy (non-hydrogen) atoms. The molecule has 1 heterocycles. The van der Waals surface area contributed by atoms with Gasteiger partial charge in [0.1, 0.15) is 0 Å². The first-order chi connectivity index (χ1) is 9.36. The van der Waals surface area contributed by atoms with E-state index in [1.807, 2.05) is 11.8 Å². The van der Waals surface area contributed by atoms with Gasteiger partial charge in [0.05, 0.1) is 0 Å². The van der Waals surface area contributed by atoms with Crippen molar-refractivity contribution in [2.24, 2.45) is 0 Å². The quantitative estimate of drug-likeness (QED) is 0.743. The summed E-state index contributed by atoms with van der Waals surface area (Å²) in [5.41, 5.74) is 2.88. The summed E-state index contributed by atoms with van der Waals surface area (Å²) in [6.07, 6.45) is 6.90. The van der Waals surface area contributed by atoms with E-state index in [1.54, 1.807) is 0 Å². The predicted molar refractivity (Wildman–Crippen MR) is 87.2 cm³/mol. The van der Waals surface area contributed by atoms with E-state index in [9.17, 15) is 0 Å². The molecule has 0 atom stereocenters. The zero-order chi connectivity index (χ0) is 13.5. The largest absolute Gasteiger partial charge is 0.346 e. The van der Waals surface area contributed by atoms with Crippen LogP contribution in [0.3, 0.4) is 0 Å². The van der Waals surface area contributed by atoms with Crippen molar-refractivity contribution in [2.75, 3.05) is 25.1 Å². The number of thioether (sulfide) groups is 1. The molecule has 0 aliphatic carbocycles. The lowest BCUT2D eigenvalue weighted by atomic mass is 10.1. The number of hydrogen-bond acceptors (Lipinski definition) is 2. The lowest BCUT2D eigenvalue weighted by molar-refractivity contribution is 0.672. The van der Waals surface area contributed by atoms with Gasteiger partial charge in [-0.1, -0.05) is 25.1 Å². The number of rotatable bonds is 8. The molecular formula is C16H24N2S. The monoisotopic (exact) mass is 276 g/mol. The zero-order valence-corrected chi connectivity index (χ0v) is 12.8. The normalized spacial score (nSPS) is 11.3. The molecule has 1 aromatic carbocycles. The Hall–Kier alpha value is -0.930. The molecule has 0 bridgehead atoms. The minimum Gasteiger partial charge on any atom is -0.346 e. The van der Waals surface area contributed by atoms with Crippen LogP contribution in [0.1, 0.15) is 18.9 Å². The van der Waals surface area contributed by atoms with Crippen LogP contribution in [-0.4, -0.2) is 29.7 Å². The molecule has 0 radical (unpaired) electrons. The molecule has 2 aromatic rings. The summed E-state index contributed by atoms with van der Waals surface area (Å²) < 4.78 is 2.41. The molecule has 0 unspecified atom stereocenters. The van der Waals surface area contributed by atoms with E-state index in [1.165, 1.54) is 35.1 Å². The summed E-state index contributed by atoms with van der Waals surface area (Å²) in [5.74, 6) is 1.18. The molecule has 0 saturated heterocycles. The zero-order valence-electron chi connectivity index (χ0n) is 12.0. The first-order valence-corrected chi connectivity index (χ1v) is 8.52. The van der Waals surface area contributed by atoms with Gasteiger partial charge in [-0.15, -0.1) is 0 Å². The smallest absolute Gasteiger partial charge is 0.0483 e. The summed E-state index contributed by atoms with van der Waals surface area (Å²) in [5, 5.41) is 4.83. The average molecular weight is 276 g/mol. The molecule has 104 valence electrons. The van der Waals surface area contributed by atoms with Crippen molar-refractivity contribution in [3.05, 3.63) is 36.0 Å². The van der Waals surface area contributed by atoms with Gasteiger partial charge in [0, 0.05) is 29.4 Å². The molecule has 0 aliphatic rings. The minimum atomic E-state index is 1.06. The number of hydrogen-bond donors (Lipinski definition) is 1. The van der Waals surface area contributed by atoms with Crippen molar-refractivity contribution in [3.8, 4) is 0 Å². The Morgan fingerprint density at radius 1 is 1.26 bits per heavy atom. The van der Waals surface area contributed by atoms with Crippen LogP contribution >= 0.6 is 11.8 Å². The van der Waals surface area contributed by atoms with E-state index in [-0.39, 0.29) is 0 Å². The van der Waals surface area contributed by atoms with Gasteiger partial charge in [0.15, 0.2) is 0 Å². The van der Waals surface area contributed by atoms with Crippen LogP contribution in [-0.2, 0) is 13.0 Å². The Labute approximate surface area is 120 Å². The maximum Gasteiger partial charge on any atom is 0.0483 e. The van der Waals surface area contributed by atoms with Crippen LogP contribution in [0, 0.1) is 0 Å². The third-order valence-electron chi connectivity index (χ3n) is 3.46. The lowest BCUT2D eigenvalue weighted by Gasteiger charge is -2.02. The van der Waals surface area contributed by atoms with E-state index in [4.69, 9.17) is 0 Å². The van der Waals surface area contributed by atoms with E-state index in [0.717, 1.165) is 19.6 Å². The molecule has 0 aliphatic heterocycles. The maximum atomic E-state index is 3.40. The number of aromatic nitrogens is 1. The summed E-state index contributed by atoms with van der Waals surface area (Å²) >= 11 is 1.91. The second-order valence-corrected chi connectivity index (χ2v) is 5.80. The topological polar surface area (TPSA) is 17.0 Å². The summed E-state index contributed by atoms with van der Waals surface area (Å²) in [7, 11) is 0. The van der Waals surface area contributed by atoms with E-state index >= 15 is 0 Å². The molecule has 3 heteroatoms. The molecular weight excluding hydrogens is 252 g/mol. The maximum absolute atomic E-state index is 3.40. The highest BCUT2D eigenvalue weighted by atomic mass is 32.2. The van der Waals surface area contributed by atoms with Crippen molar-refractivity contribution in [2.45, 2.75) is 26.3 Å². The number of fused-ring (bicyclic) bond motifs is 1. The summed E-state index contributed by atoms with van der Waals surface area (Å²) in [4.78, 5) is 0. The van der Waals surface area contributed by atoms with Gasteiger partial charge in [-0.05, 0) is 43.8 Å². The SMILES string of the molecule is CCNCCCc1cn(CCSC)c2ccccc12. The third-order valence-corrected chi connectivity index (χ3v) is 4.05. The van der Waals surface area contributed by atoms with Crippen LogP contribution in [0.15, 0.2) is 30.5 Å². The molecule has 1 aromatic heterocycles. The Kier molecular flexibility index (Phi) is 5.80. The molecule has 1 N–H and O–H groups in total. The van der Waals surface area contributed by atoms with Crippen molar-refractivity contribution in [1.82, 2.24) is 9.88 Å². The van der Waals surface area contributed by atoms with E-state index in [2.05, 4.69) is 53.5 Å². The van der Waals surface area contributed by atoms with Crippen LogP contribution in [0.25, 0.3) is 10.9 Å². The number of nitrogens with one attached hydrogen (secondary N) is 1. The van der Waals surface area contributed by atoms with Gasteiger partial charge < -0.3 is 9.88 Å². The number of benzene rings is 1. The number of nitrogens with zero attached hydrogens (tertiary/aromatic N) is 1. The highest BCUT2D eigenvalue weighted by Gasteiger charge is 2.07. The van der Waals surface area contributed by atoms with E-state index in [0.29, 0.717) is 0 Å². The second-order valence-electron chi connectivity index (χ2n) is 4.81. The first-order valence-electron chi connectivity index (χ1n) is 7.13. The lowest BCUT2D eigenvalue weighted by Crippen LogP contribution is -2.14. The van der Waals surface area contributed by atoms with Crippen LogP contribution in [0.5, 0.6) is 0 Å². The standard InChI is InChI=1S/C16H24N2S/c1-3-17-10-6-7-14-13-18(11-12-19-2)16-9-5-4-8-15(14)16/h4-5,8-9,13,17H,3,6-7,10-12H2,1-2H3. The molecule has 2 nitrogen and oxygen atoms in total. The highest BCUT2D eigenvalue weighted by Crippen LogP contribution is 2.22. The first kappa shape index (κ1) is 14.5. The third kappa shape index (κ3) is 3.77. The van der Waals surface area contributed by atoms with E-state index < -0.39 is 0 Å². The van der Waals surface area contributed by atoms with Crippen LogP contribution in [0.4, 0.5) is 0 Å². The minimum absolute atomic E-state index is 1.06. The highest BCUT2D eigenvalue weighted by molar-refractivity contribution is 7.98. The van der Waals surface area contributed by atoms with Crippen molar-refractivity contribution in [1.29, 1.82) is 0 Å². The average Bonchev–Trinajstić information content (AvgIpc) is 2.80. The van der Waals surface area contributed by atoms with Crippen molar-refractivity contribution >= 4 is 22.7 Å². The van der Waals surface area contributed by atoms with Gasteiger partial charge in [0.2, 0.25) is 0 Å². The van der Waals surface area contributed by atoms with Gasteiger partial charge >= 0.3 is 0 Å². The Bertz CT molecular complexity index is 504. The fourth-order valence-corrected chi connectivity index (χ4v) is 2.86. The van der Waals surface area contributed by atoms with Crippen LogP contribution in [0.2, 0.25) is 0 Å². The molecule has 2 rings (SSSR count). The molecule has 0 spiro atoms. The van der Waals surface area contributed by atoms with Gasteiger partial charge in [-0.3, -0.25) is 0 Å². The molecule has 0 saturated carbocycles. The summed E-state index contributed by atoms with van der Waals surface area (Å²) in [6, 6.07) is 8.78. The molecule has 0 fully saturated rings. The van der Waals surface area contributed by atoms with Gasteiger partial charge in [-0.2, -0.15) is 11.8 Å². The van der Waals surface area contributed by atoms with Crippen molar-refractivity contribution < 1.29 is 0 Å². The fourth-order valence-electron chi connectivity index (χ4n) is 2.48. The Morgan fingerprint density at radius 2 is 2.11 bits per heavy atom. The predicted octanol–water partition coefficient (Wildman–Crippen LogP) is 3.55. The van der Waals surface area contributed by atoms with Gasteiger partial charge in [0.25, 0.3) is 0 Å². The Morgan fingerprint density at radius 3 is 2.89 bits per heavy atom. The second kappa shape index (κ2) is 7.61. The fraction of sp³-hybridized carbons (Fsp3) is 0.500. The number of aryl methyl sites for hydroxylation is 2. The summed E-state index contributed by atoms with van der Waals surface area (Å²) in [6.45, 7) is 5.44. The van der Waals surface area contributed by atoms with Crippen LogP contribution < -0.4 is 5.32 Å². The number of para-hydroxylation sites is 1. The van der Waals surface area contributed by atoms with Crippen molar-refractivity contribution in [3.63, 3.8) is 0 Å². The molecule has 0 amide bonds. The Balaban J connectivity index is 2.13.